The Labute approximate surface area is 110 Å². The summed E-state index contributed by atoms with van der Waals surface area (Å²) in [6.45, 7) is 2.00. The Hall–Kier alpha value is -1.39. The summed E-state index contributed by atoms with van der Waals surface area (Å²) in [6.07, 6.45) is 2.26. The third kappa shape index (κ3) is 2.40. The van der Waals surface area contributed by atoms with Gasteiger partial charge in [0, 0.05) is 17.1 Å². The first-order chi connectivity index (χ1) is 8.83. The third-order valence-corrected chi connectivity index (χ3v) is 3.44. The fourth-order valence-corrected chi connectivity index (χ4v) is 2.31. The first-order valence-corrected chi connectivity index (χ1v) is 6.51. The van der Waals surface area contributed by atoms with E-state index in [0.29, 0.717) is 16.8 Å². The molecular formula is C13H14ClN3O. The van der Waals surface area contributed by atoms with Crippen LogP contribution in [0.1, 0.15) is 24.7 Å². The third-order valence-electron chi connectivity index (χ3n) is 3.19. The molecule has 0 aliphatic carbocycles. The average molecular weight is 264 g/mol. The lowest BCUT2D eigenvalue weighted by Gasteiger charge is -2.18. The summed E-state index contributed by atoms with van der Waals surface area (Å²) in [6, 6.07) is 7.45. The molecule has 1 atom stereocenters. The van der Waals surface area contributed by atoms with Crippen molar-refractivity contribution in [2.75, 3.05) is 13.1 Å². The van der Waals surface area contributed by atoms with Gasteiger partial charge in [0.2, 0.25) is 11.7 Å². The van der Waals surface area contributed by atoms with Gasteiger partial charge in [-0.15, -0.1) is 0 Å². The maximum Gasteiger partial charge on any atom is 0.231 e. The molecule has 1 aromatic heterocycles. The van der Waals surface area contributed by atoms with Gasteiger partial charge < -0.3 is 9.84 Å². The molecule has 1 saturated heterocycles. The SMILES string of the molecule is Clc1ccc(-c2noc(C3CCCNC3)n2)cc1. The molecular weight excluding hydrogens is 250 g/mol. The number of hydrogen-bond acceptors (Lipinski definition) is 4. The van der Waals surface area contributed by atoms with Crippen molar-refractivity contribution < 1.29 is 4.52 Å². The largest absolute Gasteiger partial charge is 0.339 e. The maximum absolute atomic E-state index is 5.85. The fourth-order valence-electron chi connectivity index (χ4n) is 2.18. The highest BCUT2D eigenvalue weighted by Crippen LogP contribution is 2.25. The van der Waals surface area contributed by atoms with Crippen LogP contribution in [0.3, 0.4) is 0 Å². The van der Waals surface area contributed by atoms with Crippen LogP contribution in [0.5, 0.6) is 0 Å². The number of nitrogens with one attached hydrogen (secondary N) is 1. The average Bonchev–Trinajstić information content (AvgIpc) is 2.90. The second-order valence-electron chi connectivity index (χ2n) is 4.51. The van der Waals surface area contributed by atoms with Gasteiger partial charge in [-0.1, -0.05) is 16.8 Å². The van der Waals surface area contributed by atoms with Crippen molar-refractivity contribution in [2.45, 2.75) is 18.8 Å². The molecule has 1 unspecified atom stereocenters. The highest BCUT2D eigenvalue weighted by molar-refractivity contribution is 6.30. The van der Waals surface area contributed by atoms with E-state index in [0.717, 1.165) is 37.4 Å². The van der Waals surface area contributed by atoms with Crippen LogP contribution in [0.4, 0.5) is 0 Å². The van der Waals surface area contributed by atoms with Gasteiger partial charge in [0.1, 0.15) is 0 Å². The zero-order chi connectivity index (χ0) is 12.4. The molecule has 4 nitrogen and oxygen atoms in total. The molecule has 0 spiro atoms. The van der Waals surface area contributed by atoms with Crippen LogP contribution < -0.4 is 5.32 Å². The standard InChI is InChI=1S/C13H14ClN3O/c14-11-5-3-9(4-6-11)12-16-13(18-17-12)10-2-1-7-15-8-10/h3-6,10,15H,1-2,7-8H2. The lowest BCUT2D eigenvalue weighted by Crippen LogP contribution is -2.28. The minimum Gasteiger partial charge on any atom is -0.339 e. The lowest BCUT2D eigenvalue weighted by molar-refractivity contribution is 0.322. The van der Waals surface area contributed by atoms with E-state index >= 15 is 0 Å². The molecule has 5 heteroatoms. The molecule has 3 rings (SSSR count). The van der Waals surface area contributed by atoms with E-state index in [1.54, 1.807) is 0 Å². The summed E-state index contributed by atoms with van der Waals surface area (Å²) in [4.78, 5) is 4.47. The zero-order valence-corrected chi connectivity index (χ0v) is 10.7. The summed E-state index contributed by atoms with van der Waals surface area (Å²) in [7, 11) is 0. The van der Waals surface area contributed by atoms with E-state index in [9.17, 15) is 0 Å². The minimum absolute atomic E-state index is 0.340. The Morgan fingerprint density at radius 3 is 2.83 bits per heavy atom. The zero-order valence-electron chi connectivity index (χ0n) is 9.90. The highest BCUT2D eigenvalue weighted by Gasteiger charge is 2.21. The number of rotatable bonds is 2. The molecule has 94 valence electrons. The van der Waals surface area contributed by atoms with Crippen molar-refractivity contribution in [3.63, 3.8) is 0 Å². The molecule has 2 aromatic rings. The summed E-state index contributed by atoms with van der Waals surface area (Å²) in [5.41, 5.74) is 0.929. The van der Waals surface area contributed by atoms with Gasteiger partial charge in [-0.05, 0) is 43.7 Å². The molecule has 0 radical (unpaired) electrons. The summed E-state index contributed by atoms with van der Waals surface area (Å²) in [5, 5.41) is 8.09. The van der Waals surface area contributed by atoms with Gasteiger partial charge >= 0.3 is 0 Å². The summed E-state index contributed by atoms with van der Waals surface area (Å²) < 4.78 is 5.35. The maximum atomic E-state index is 5.85. The van der Waals surface area contributed by atoms with Crippen LogP contribution >= 0.6 is 11.6 Å². The molecule has 0 amide bonds. The number of benzene rings is 1. The first kappa shape index (κ1) is 11.7. The molecule has 18 heavy (non-hydrogen) atoms. The van der Waals surface area contributed by atoms with E-state index in [4.69, 9.17) is 16.1 Å². The number of halogens is 1. The van der Waals surface area contributed by atoms with Gasteiger partial charge in [-0.25, -0.2) is 0 Å². The number of nitrogens with zero attached hydrogens (tertiary/aromatic N) is 2. The number of aromatic nitrogens is 2. The quantitative estimate of drug-likeness (QED) is 0.905. The number of piperidine rings is 1. The van der Waals surface area contributed by atoms with Crippen LogP contribution in [0, 0.1) is 0 Å². The van der Waals surface area contributed by atoms with Crippen molar-refractivity contribution in [1.82, 2.24) is 15.5 Å². The van der Waals surface area contributed by atoms with Gasteiger partial charge in [-0.2, -0.15) is 4.98 Å². The predicted molar refractivity (Wildman–Crippen MR) is 69.6 cm³/mol. The minimum atomic E-state index is 0.340. The lowest BCUT2D eigenvalue weighted by atomic mass is 10.00. The molecule has 1 aliphatic heterocycles. The first-order valence-electron chi connectivity index (χ1n) is 6.13. The highest BCUT2D eigenvalue weighted by atomic mass is 35.5. The van der Waals surface area contributed by atoms with Crippen LogP contribution in [-0.2, 0) is 0 Å². The van der Waals surface area contributed by atoms with E-state index in [-0.39, 0.29) is 0 Å². The van der Waals surface area contributed by atoms with E-state index in [2.05, 4.69) is 15.5 Å². The topological polar surface area (TPSA) is 51.0 Å². The number of hydrogen-bond donors (Lipinski definition) is 1. The monoisotopic (exact) mass is 263 g/mol. The van der Waals surface area contributed by atoms with Crippen molar-refractivity contribution in [3.05, 3.63) is 35.2 Å². The molecule has 1 N–H and O–H groups in total. The normalized spacial score (nSPS) is 19.9. The molecule has 1 aliphatic rings. The van der Waals surface area contributed by atoms with Crippen LogP contribution in [0.2, 0.25) is 5.02 Å². The molecule has 0 saturated carbocycles. The van der Waals surface area contributed by atoms with E-state index in [1.807, 2.05) is 24.3 Å². The Balaban J connectivity index is 1.82. The van der Waals surface area contributed by atoms with Gasteiger partial charge in [-0.3, -0.25) is 0 Å². The Morgan fingerprint density at radius 2 is 2.11 bits per heavy atom. The van der Waals surface area contributed by atoms with Crippen molar-refractivity contribution in [2.24, 2.45) is 0 Å². The van der Waals surface area contributed by atoms with Crippen molar-refractivity contribution in [3.8, 4) is 11.4 Å². The van der Waals surface area contributed by atoms with Crippen LogP contribution in [-0.4, -0.2) is 23.2 Å². The van der Waals surface area contributed by atoms with E-state index in [1.165, 1.54) is 0 Å². The summed E-state index contributed by atoms with van der Waals surface area (Å²) >= 11 is 5.85. The fraction of sp³-hybridized carbons (Fsp3) is 0.385. The smallest absolute Gasteiger partial charge is 0.231 e. The molecule has 0 bridgehead atoms. The predicted octanol–water partition coefficient (Wildman–Crippen LogP) is 2.86. The summed E-state index contributed by atoms with van der Waals surface area (Å²) in [5.74, 6) is 1.70. The molecule has 1 fully saturated rings. The van der Waals surface area contributed by atoms with E-state index < -0.39 is 0 Å². The second kappa shape index (κ2) is 5.08. The van der Waals surface area contributed by atoms with Crippen LogP contribution in [0.15, 0.2) is 28.8 Å². The van der Waals surface area contributed by atoms with Crippen LogP contribution in [0.25, 0.3) is 11.4 Å². The van der Waals surface area contributed by atoms with Gasteiger partial charge in [0.15, 0.2) is 0 Å². The molecule has 2 heterocycles. The Morgan fingerprint density at radius 1 is 1.28 bits per heavy atom. The van der Waals surface area contributed by atoms with Gasteiger partial charge in [0.25, 0.3) is 0 Å². The van der Waals surface area contributed by atoms with Crippen molar-refractivity contribution >= 4 is 11.6 Å². The second-order valence-corrected chi connectivity index (χ2v) is 4.94. The van der Waals surface area contributed by atoms with Crippen molar-refractivity contribution in [1.29, 1.82) is 0 Å². The Kier molecular flexibility index (Phi) is 3.30. The Bertz CT molecular complexity index is 517. The molecule has 1 aromatic carbocycles. The van der Waals surface area contributed by atoms with Gasteiger partial charge in [0.05, 0.1) is 5.92 Å².